The summed E-state index contributed by atoms with van der Waals surface area (Å²) >= 11 is 0. The topological polar surface area (TPSA) is 51.4 Å². The molecule has 136 valence electrons. The second-order valence-electron chi connectivity index (χ2n) is 5.75. The Bertz CT molecular complexity index is 833. The summed E-state index contributed by atoms with van der Waals surface area (Å²) in [7, 11) is 1.95. The van der Waals surface area contributed by atoms with Crippen molar-refractivity contribution in [2.24, 2.45) is 0 Å². The summed E-state index contributed by atoms with van der Waals surface area (Å²) in [5.74, 6) is 0.0533. The zero-order valence-electron chi connectivity index (χ0n) is 13.9. The van der Waals surface area contributed by atoms with Crippen LogP contribution in [0.4, 0.5) is 13.2 Å². The van der Waals surface area contributed by atoms with Crippen molar-refractivity contribution in [2.45, 2.75) is 19.5 Å². The molecule has 0 aliphatic rings. The molecule has 0 fully saturated rings. The van der Waals surface area contributed by atoms with Gasteiger partial charge < -0.3 is 9.15 Å². The Labute approximate surface area is 148 Å². The highest BCUT2D eigenvalue weighted by atomic mass is 19.4. The van der Waals surface area contributed by atoms with Gasteiger partial charge in [0.15, 0.2) is 0 Å². The van der Waals surface area contributed by atoms with E-state index in [1.54, 1.807) is 12.4 Å². The Balaban J connectivity index is 1.62. The highest BCUT2D eigenvalue weighted by Gasteiger charge is 2.31. The maximum absolute atomic E-state index is 12.2. The Morgan fingerprint density at radius 1 is 1.12 bits per heavy atom. The Hall–Kier alpha value is -2.87. The van der Waals surface area contributed by atoms with Gasteiger partial charge in [0.2, 0.25) is 5.89 Å². The number of alkyl halides is 3. The van der Waals surface area contributed by atoms with Crippen LogP contribution >= 0.6 is 0 Å². The first-order valence-corrected chi connectivity index (χ1v) is 7.77. The molecule has 1 aromatic carbocycles. The van der Waals surface area contributed by atoms with Crippen molar-refractivity contribution in [3.05, 3.63) is 66.3 Å². The lowest BCUT2D eigenvalue weighted by Crippen LogP contribution is -2.17. The van der Waals surface area contributed by atoms with Gasteiger partial charge in [0.1, 0.15) is 12.0 Å². The van der Waals surface area contributed by atoms with Crippen molar-refractivity contribution < 1.29 is 22.3 Å². The minimum atomic E-state index is -4.71. The van der Waals surface area contributed by atoms with E-state index in [0.29, 0.717) is 24.5 Å². The minimum absolute atomic E-state index is 0.288. The van der Waals surface area contributed by atoms with Crippen LogP contribution in [0.25, 0.3) is 11.5 Å². The average Bonchev–Trinajstić information content (AvgIpc) is 3.03. The van der Waals surface area contributed by atoms with Gasteiger partial charge in [-0.2, -0.15) is 0 Å². The summed E-state index contributed by atoms with van der Waals surface area (Å²) in [6, 6.07) is 9.25. The molecule has 0 radical (unpaired) electrons. The van der Waals surface area contributed by atoms with E-state index in [2.05, 4.69) is 19.6 Å². The third kappa shape index (κ3) is 5.06. The molecule has 2 heterocycles. The molecule has 0 bridgehead atoms. The third-order valence-corrected chi connectivity index (χ3v) is 3.49. The fourth-order valence-corrected chi connectivity index (χ4v) is 2.45. The van der Waals surface area contributed by atoms with Crippen LogP contribution in [0.5, 0.6) is 5.75 Å². The molecule has 0 unspecified atom stereocenters. The van der Waals surface area contributed by atoms with Gasteiger partial charge in [0.25, 0.3) is 0 Å². The van der Waals surface area contributed by atoms with Crippen LogP contribution < -0.4 is 4.74 Å². The Kier molecular flexibility index (Phi) is 5.22. The van der Waals surface area contributed by atoms with E-state index < -0.39 is 6.36 Å². The van der Waals surface area contributed by atoms with Gasteiger partial charge in [-0.05, 0) is 42.9 Å². The second kappa shape index (κ2) is 7.57. The van der Waals surface area contributed by atoms with E-state index >= 15 is 0 Å². The monoisotopic (exact) mass is 363 g/mol. The molecule has 0 N–H and O–H groups in total. The summed E-state index contributed by atoms with van der Waals surface area (Å²) in [6.07, 6.45) is 0.347. The molecule has 8 heteroatoms. The van der Waals surface area contributed by atoms with Gasteiger partial charge in [-0.15, -0.1) is 13.2 Å². The van der Waals surface area contributed by atoms with Gasteiger partial charge in [-0.3, -0.25) is 9.88 Å². The SMILES string of the molecule is CN(Cc1cccnc1)Cc1coc(-c2ccc(OC(F)(F)F)cc2)n1. The molecule has 0 saturated heterocycles. The van der Waals surface area contributed by atoms with Crippen LogP contribution in [-0.2, 0) is 13.1 Å². The van der Waals surface area contributed by atoms with E-state index in [0.717, 1.165) is 11.3 Å². The minimum Gasteiger partial charge on any atom is -0.444 e. The van der Waals surface area contributed by atoms with Crippen LogP contribution in [0.1, 0.15) is 11.3 Å². The van der Waals surface area contributed by atoms with Crippen LogP contribution in [0, 0.1) is 0 Å². The average molecular weight is 363 g/mol. The molecule has 2 aromatic heterocycles. The smallest absolute Gasteiger partial charge is 0.444 e. The van der Waals surface area contributed by atoms with Crippen LogP contribution in [0.2, 0.25) is 0 Å². The van der Waals surface area contributed by atoms with Gasteiger partial charge in [0.05, 0.1) is 5.69 Å². The molecule has 0 saturated carbocycles. The number of oxazole rings is 1. The number of pyridine rings is 1. The van der Waals surface area contributed by atoms with Crippen LogP contribution in [0.3, 0.4) is 0 Å². The predicted molar refractivity (Wildman–Crippen MR) is 88.0 cm³/mol. The highest BCUT2D eigenvalue weighted by Crippen LogP contribution is 2.26. The molecule has 3 aromatic rings. The number of nitrogens with zero attached hydrogens (tertiary/aromatic N) is 3. The molecule has 0 amide bonds. The van der Waals surface area contributed by atoms with Crippen molar-refractivity contribution in [1.82, 2.24) is 14.9 Å². The number of hydrogen-bond acceptors (Lipinski definition) is 5. The lowest BCUT2D eigenvalue weighted by Gasteiger charge is -2.14. The predicted octanol–water partition coefficient (Wildman–Crippen LogP) is 4.27. The Morgan fingerprint density at radius 3 is 2.54 bits per heavy atom. The molecule has 0 aliphatic carbocycles. The lowest BCUT2D eigenvalue weighted by molar-refractivity contribution is -0.274. The van der Waals surface area contributed by atoms with E-state index in [9.17, 15) is 13.2 Å². The molecule has 26 heavy (non-hydrogen) atoms. The number of halogens is 3. The van der Waals surface area contributed by atoms with Crippen molar-refractivity contribution in [2.75, 3.05) is 7.05 Å². The van der Waals surface area contributed by atoms with E-state index in [1.807, 2.05) is 19.2 Å². The fraction of sp³-hybridized carbons (Fsp3) is 0.222. The number of aromatic nitrogens is 2. The lowest BCUT2D eigenvalue weighted by atomic mass is 10.2. The number of hydrogen-bond donors (Lipinski definition) is 0. The summed E-state index contributed by atoms with van der Waals surface area (Å²) < 4.78 is 45.8. The Morgan fingerprint density at radius 2 is 1.88 bits per heavy atom. The van der Waals surface area contributed by atoms with Gasteiger partial charge in [-0.25, -0.2) is 4.98 Å². The molecular formula is C18H16F3N3O2. The first-order chi connectivity index (χ1) is 12.4. The van der Waals surface area contributed by atoms with Crippen molar-refractivity contribution in [1.29, 1.82) is 0 Å². The molecule has 3 rings (SSSR count). The number of rotatable bonds is 6. The zero-order valence-corrected chi connectivity index (χ0v) is 13.9. The summed E-state index contributed by atoms with van der Waals surface area (Å²) in [5.41, 5.74) is 2.38. The number of ether oxygens (including phenoxy) is 1. The van der Waals surface area contributed by atoms with Crippen LogP contribution in [0.15, 0.2) is 59.5 Å². The fourth-order valence-electron chi connectivity index (χ4n) is 2.45. The van der Waals surface area contributed by atoms with Crippen molar-refractivity contribution in [3.8, 4) is 17.2 Å². The maximum atomic E-state index is 12.2. The van der Waals surface area contributed by atoms with Crippen LogP contribution in [-0.4, -0.2) is 28.3 Å². The van der Waals surface area contributed by atoms with Gasteiger partial charge in [0, 0.05) is 31.0 Å². The van der Waals surface area contributed by atoms with Crippen molar-refractivity contribution >= 4 is 0 Å². The van der Waals surface area contributed by atoms with Crippen molar-refractivity contribution in [3.63, 3.8) is 0 Å². The normalized spacial score (nSPS) is 11.7. The first kappa shape index (κ1) is 17.9. The molecular weight excluding hydrogens is 347 g/mol. The maximum Gasteiger partial charge on any atom is 0.573 e. The third-order valence-electron chi connectivity index (χ3n) is 3.49. The molecule has 0 spiro atoms. The molecule has 0 atom stereocenters. The molecule has 0 aliphatic heterocycles. The largest absolute Gasteiger partial charge is 0.573 e. The zero-order chi connectivity index (χ0) is 18.6. The van der Waals surface area contributed by atoms with E-state index in [-0.39, 0.29) is 5.75 Å². The van der Waals surface area contributed by atoms with Gasteiger partial charge in [-0.1, -0.05) is 6.07 Å². The number of benzene rings is 1. The first-order valence-electron chi connectivity index (χ1n) is 7.77. The summed E-state index contributed by atoms with van der Waals surface area (Å²) in [5, 5.41) is 0. The summed E-state index contributed by atoms with van der Waals surface area (Å²) in [4.78, 5) is 10.5. The van der Waals surface area contributed by atoms with E-state index in [1.165, 1.54) is 30.5 Å². The van der Waals surface area contributed by atoms with E-state index in [4.69, 9.17) is 4.42 Å². The summed E-state index contributed by atoms with van der Waals surface area (Å²) in [6.45, 7) is 1.27. The quantitative estimate of drug-likeness (QED) is 0.655. The standard InChI is InChI=1S/C18H16F3N3O2/c1-24(10-13-3-2-8-22-9-13)11-15-12-25-17(23-15)14-4-6-16(7-5-14)26-18(19,20)21/h2-9,12H,10-11H2,1H3. The van der Waals surface area contributed by atoms with Gasteiger partial charge >= 0.3 is 6.36 Å². The second-order valence-corrected chi connectivity index (χ2v) is 5.75. The molecule has 5 nitrogen and oxygen atoms in total. The highest BCUT2D eigenvalue weighted by molar-refractivity contribution is 5.54.